The summed E-state index contributed by atoms with van der Waals surface area (Å²) in [5.41, 5.74) is 1.39. The summed E-state index contributed by atoms with van der Waals surface area (Å²) >= 11 is 1.71. The molecule has 0 unspecified atom stereocenters. The Hall–Kier alpha value is -2.18. The lowest BCUT2D eigenvalue weighted by atomic mass is 10.2. The molecule has 0 radical (unpaired) electrons. The van der Waals surface area contributed by atoms with Crippen molar-refractivity contribution in [2.45, 2.75) is 19.3 Å². The molecule has 5 nitrogen and oxygen atoms in total. The van der Waals surface area contributed by atoms with Gasteiger partial charge in [-0.3, -0.25) is 9.59 Å². The van der Waals surface area contributed by atoms with Gasteiger partial charge in [0.2, 0.25) is 11.8 Å². The molecule has 0 aliphatic heterocycles. The average molecular weight is 332 g/mol. The fraction of sp³-hybridized carbons (Fsp3) is 0.294. The van der Waals surface area contributed by atoms with Crippen LogP contribution in [0.4, 0.5) is 11.4 Å². The monoisotopic (exact) mass is 332 g/mol. The van der Waals surface area contributed by atoms with E-state index in [9.17, 15) is 9.59 Å². The van der Waals surface area contributed by atoms with Gasteiger partial charge >= 0.3 is 0 Å². The second kappa shape index (κ2) is 9.07. The van der Waals surface area contributed by atoms with E-state index >= 15 is 0 Å². The zero-order valence-electron chi connectivity index (χ0n) is 13.0. The number of hydrogen-bond donors (Lipinski definition) is 2. The molecule has 0 saturated carbocycles. The van der Waals surface area contributed by atoms with Crippen LogP contribution in [-0.4, -0.2) is 25.5 Å². The number of carbonyl (C=O) groups is 2. The number of nitrogens with one attached hydrogen (secondary N) is 2. The van der Waals surface area contributed by atoms with Gasteiger partial charge in [0.05, 0.1) is 0 Å². The van der Waals surface area contributed by atoms with E-state index in [1.54, 1.807) is 35.6 Å². The van der Waals surface area contributed by atoms with Gasteiger partial charge in [-0.1, -0.05) is 6.07 Å². The third-order valence-electron chi connectivity index (χ3n) is 3.13. The van der Waals surface area contributed by atoms with Gasteiger partial charge in [0.25, 0.3) is 0 Å². The number of aryl methyl sites for hydroxylation is 1. The molecule has 0 aliphatic rings. The first-order chi connectivity index (χ1) is 11.2. The van der Waals surface area contributed by atoms with Crippen molar-refractivity contribution >= 4 is 34.5 Å². The van der Waals surface area contributed by atoms with Crippen molar-refractivity contribution in [3.05, 3.63) is 46.7 Å². The molecule has 0 saturated heterocycles. The molecule has 1 aromatic carbocycles. The van der Waals surface area contributed by atoms with Crippen molar-refractivity contribution in [2.24, 2.45) is 0 Å². The first kappa shape index (κ1) is 17.2. The first-order valence-electron chi connectivity index (χ1n) is 7.38. The maximum atomic E-state index is 11.9. The number of carbonyl (C=O) groups excluding carboxylic acids is 2. The van der Waals surface area contributed by atoms with E-state index in [2.05, 4.69) is 16.7 Å². The van der Waals surface area contributed by atoms with E-state index < -0.39 is 0 Å². The minimum Gasteiger partial charge on any atom is -0.375 e. The second-order valence-corrected chi connectivity index (χ2v) is 6.07. The highest BCUT2D eigenvalue weighted by Gasteiger charge is 2.05. The van der Waals surface area contributed by atoms with Crippen LogP contribution in [-0.2, 0) is 20.7 Å². The molecule has 2 amide bonds. The lowest BCUT2D eigenvalue weighted by Gasteiger charge is -2.07. The molecule has 122 valence electrons. The normalized spacial score (nSPS) is 10.3. The summed E-state index contributed by atoms with van der Waals surface area (Å²) in [7, 11) is 1.47. The Morgan fingerprint density at radius 3 is 2.26 bits per heavy atom. The molecule has 0 spiro atoms. The van der Waals surface area contributed by atoms with Gasteiger partial charge in [0.1, 0.15) is 6.61 Å². The first-order valence-corrected chi connectivity index (χ1v) is 8.26. The Morgan fingerprint density at radius 1 is 1.04 bits per heavy atom. The van der Waals surface area contributed by atoms with Crippen molar-refractivity contribution < 1.29 is 14.3 Å². The van der Waals surface area contributed by atoms with E-state index in [0.717, 1.165) is 18.5 Å². The SMILES string of the molecule is COCC(=O)Nc1ccc(NC(=O)CCCc2cccs2)cc1. The number of amides is 2. The third-order valence-corrected chi connectivity index (χ3v) is 4.07. The van der Waals surface area contributed by atoms with Gasteiger partial charge in [0, 0.05) is 29.8 Å². The number of anilines is 2. The van der Waals surface area contributed by atoms with Crippen LogP contribution >= 0.6 is 11.3 Å². The molecule has 0 bridgehead atoms. The molecule has 0 fully saturated rings. The summed E-state index contributed by atoms with van der Waals surface area (Å²) in [6.07, 6.45) is 2.25. The number of hydrogen-bond acceptors (Lipinski definition) is 4. The largest absolute Gasteiger partial charge is 0.375 e. The summed E-state index contributed by atoms with van der Waals surface area (Å²) in [6.45, 7) is 0.0166. The van der Waals surface area contributed by atoms with Crippen LogP contribution in [0.5, 0.6) is 0 Å². The topological polar surface area (TPSA) is 67.4 Å². The fourth-order valence-corrected chi connectivity index (χ4v) is 2.82. The standard InChI is InChI=1S/C17H20N2O3S/c1-22-12-17(21)19-14-9-7-13(8-10-14)18-16(20)6-2-4-15-5-3-11-23-15/h3,5,7-11H,2,4,6,12H2,1H3,(H,18,20)(H,19,21). The highest BCUT2D eigenvalue weighted by molar-refractivity contribution is 7.09. The van der Waals surface area contributed by atoms with Crippen LogP contribution in [0.1, 0.15) is 17.7 Å². The summed E-state index contributed by atoms with van der Waals surface area (Å²) in [6, 6.07) is 11.1. The highest BCUT2D eigenvalue weighted by atomic mass is 32.1. The van der Waals surface area contributed by atoms with Crippen molar-refractivity contribution in [2.75, 3.05) is 24.4 Å². The zero-order chi connectivity index (χ0) is 16.5. The van der Waals surface area contributed by atoms with E-state index in [1.807, 2.05) is 11.4 Å². The number of methoxy groups -OCH3 is 1. The molecule has 0 aliphatic carbocycles. The number of rotatable bonds is 8. The van der Waals surface area contributed by atoms with Crippen molar-refractivity contribution in [3.8, 4) is 0 Å². The number of benzene rings is 1. The number of ether oxygens (including phenoxy) is 1. The van der Waals surface area contributed by atoms with E-state index in [1.165, 1.54) is 12.0 Å². The minimum absolute atomic E-state index is 0.00211. The number of thiophene rings is 1. The fourth-order valence-electron chi connectivity index (χ4n) is 2.07. The predicted molar refractivity (Wildman–Crippen MR) is 92.8 cm³/mol. The van der Waals surface area contributed by atoms with E-state index in [4.69, 9.17) is 4.74 Å². The Balaban J connectivity index is 1.74. The Labute approximate surface area is 139 Å². The van der Waals surface area contributed by atoms with Gasteiger partial charge in [0.15, 0.2) is 0 Å². The molecule has 23 heavy (non-hydrogen) atoms. The molecule has 2 rings (SSSR count). The van der Waals surface area contributed by atoms with Crippen LogP contribution in [0.2, 0.25) is 0 Å². The Kier molecular flexibility index (Phi) is 6.77. The smallest absolute Gasteiger partial charge is 0.250 e. The molecule has 6 heteroatoms. The van der Waals surface area contributed by atoms with Gasteiger partial charge in [-0.05, 0) is 48.6 Å². The lowest BCUT2D eigenvalue weighted by molar-refractivity contribution is -0.119. The predicted octanol–water partition coefficient (Wildman–Crippen LogP) is 3.29. The summed E-state index contributed by atoms with van der Waals surface area (Å²) in [5.74, 6) is -0.212. The van der Waals surface area contributed by atoms with Gasteiger partial charge in [-0.15, -0.1) is 11.3 Å². The molecular weight excluding hydrogens is 312 g/mol. The maximum Gasteiger partial charge on any atom is 0.250 e. The molecular formula is C17H20N2O3S. The maximum absolute atomic E-state index is 11.9. The minimum atomic E-state index is -0.210. The van der Waals surface area contributed by atoms with E-state index in [0.29, 0.717) is 12.1 Å². The second-order valence-electron chi connectivity index (χ2n) is 5.04. The average Bonchev–Trinajstić information content (AvgIpc) is 3.03. The van der Waals surface area contributed by atoms with Crippen LogP contribution in [0.25, 0.3) is 0 Å². The van der Waals surface area contributed by atoms with Crippen molar-refractivity contribution in [1.82, 2.24) is 0 Å². The van der Waals surface area contributed by atoms with E-state index in [-0.39, 0.29) is 18.4 Å². The summed E-state index contributed by atoms with van der Waals surface area (Å²) in [5, 5.41) is 7.60. The van der Waals surface area contributed by atoms with Crippen LogP contribution in [0.3, 0.4) is 0 Å². The quantitative estimate of drug-likeness (QED) is 0.779. The van der Waals surface area contributed by atoms with Crippen LogP contribution in [0.15, 0.2) is 41.8 Å². The van der Waals surface area contributed by atoms with Gasteiger partial charge in [-0.25, -0.2) is 0 Å². The molecule has 1 heterocycles. The van der Waals surface area contributed by atoms with Gasteiger partial charge in [-0.2, -0.15) is 0 Å². The van der Waals surface area contributed by atoms with Crippen LogP contribution in [0, 0.1) is 0 Å². The highest BCUT2D eigenvalue weighted by Crippen LogP contribution is 2.15. The molecule has 2 N–H and O–H groups in total. The summed E-state index contributed by atoms with van der Waals surface area (Å²) in [4.78, 5) is 24.6. The third kappa shape index (κ3) is 6.22. The summed E-state index contributed by atoms with van der Waals surface area (Å²) < 4.78 is 4.75. The van der Waals surface area contributed by atoms with Crippen molar-refractivity contribution in [1.29, 1.82) is 0 Å². The van der Waals surface area contributed by atoms with Gasteiger partial charge < -0.3 is 15.4 Å². The lowest BCUT2D eigenvalue weighted by Crippen LogP contribution is -2.17. The van der Waals surface area contributed by atoms with Crippen molar-refractivity contribution in [3.63, 3.8) is 0 Å². The molecule has 2 aromatic rings. The zero-order valence-corrected chi connectivity index (χ0v) is 13.8. The Bertz CT molecular complexity index is 624. The van der Waals surface area contributed by atoms with Crippen LogP contribution < -0.4 is 10.6 Å². The molecule has 1 aromatic heterocycles. The molecule has 0 atom stereocenters. The Morgan fingerprint density at radius 2 is 1.70 bits per heavy atom.